The van der Waals surface area contributed by atoms with Crippen molar-refractivity contribution in [3.63, 3.8) is 0 Å². The number of halogens is 4. The van der Waals surface area contributed by atoms with E-state index in [0.717, 1.165) is 22.9 Å². The minimum Gasteiger partial charge on any atom is -0.205 e. The Hall–Kier alpha value is -0.570. The van der Waals surface area contributed by atoms with Gasteiger partial charge < -0.3 is 0 Å². The molecule has 0 aliphatic carbocycles. The van der Waals surface area contributed by atoms with Gasteiger partial charge in [-0.2, -0.15) is 0 Å². The van der Waals surface area contributed by atoms with Gasteiger partial charge in [-0.05, 0) is 54.2 Å². The van der Waals surface area contributed by atoms with Crippen LogP contribution in [0.1, 0.15) is 11.1 Å². The van der Waals surface area contributed by atoms with Gasteiger partial charge in [0, 0.05) is 10.4 Å². The van der Waals surface area contributed by atoms with E-state index in [9.17, 15) is 4.39 Å². The molecule has 2 aromatic rings. The van der Waals surface area contributed by atoms with Crippen LogP contribution >= 0.6 is 39.1 Å². The van der Waals surface area contributed by atoms with Gasteiger partial charge in [0.25, 0.3) is 0 Å². The number of benzene rings is 2. The van der Waals surface area contributed by atoms with Crippen LogP contribution < -0.4 is 0 Å². The van der Waals surface area contributed by atoms with Gasteiger partial charge in [0.15, 0.2) is 0 Å². The maximum atomic E-state index is 13.4. The van der Waals surface area contributed by atoms with Gasteiger partial charge in [0.05, 0.1) is 5.02 Å². The minimum atomic E-state index is -0.375. The van der Waals surface area contributed by atoms with Crippen LogP contribution in [0, 0.1) is 11.7 Å². The number of rotatable bonds is 5. The molecule has 0 aromatic heterocycles. The van der Waals surface area contributed by atoms with Crippen LogP contribution in [0.25, 0.3) is 0 Å². The molecule has 0 N–H and O–H groups in total. The van der Waals surface area contributed by atoms with E-state index >= 15 is 0 Å². The molecule has 0 heterocycles. The van der Waals surface area contributed by atoms with Crippen molar-refractivity contribution < 1.29 is 4.39 Å². The summed E-state index contributed by atoms with van der Waals surface area (Å²) in [4.78, 5) is 0. The molecular weight excluding hydrogens is 362 g/mol. The van der Waals surface area contributed by atoms with Crippen molar-refractivity contribution in [2.45, 2.75) is 12.8 Å². The fourth-order valence-electron chi connectivity index (χ4n) is 2.18. The maximum absolute atomic E-state index is 13.4. The third-order valence-corrected chi connectivity index (χ3v) is 4.38. The van der Waals surface area contributed by atoms with Crippen LogP contribution in [0.2, 0.25) is 5.02 Å². The van der Waals surface area contributed by atoms with Crippen LogP contribution in [-0.2, 0) is 12.8 Å². The predicted octanol–water partition coefficient (Wildman–Crippen LogP) is 5.88. The van der Waals surface area contributed by atoms with E-state index < -0.39 is 0 Å². The second-order valence-electron chi connectivity index (χ2n) is 4.81. The molecule has 0 bridgehead atoms. The van der Waals surface area contributed by atoms with Gasteiger partial charge in [-0.15, -0.1) is 11.6 Å². The summed E-state index contributed by atoms with van der Waals surface area (Å²) in [5.74, 6) is 0.433. The van der Waals surface area contributed by atoms with Crippen LogP contribution in [0.5, 0.6) is 0 Å². The summed E-state index contributed by atoms with van der Waals surface area (Å²) < 4.78 is 14.5. The first-order chi connectivity index (χ1) is 9.58. The third-order valence-electron chi connectivity index (χ3n) is 3.14. The van der Waals surface area contributed by atoms with Crippen LogP contribution in [-0.4, -0.2) is 5.88 Å². The monoisotopic (exact) mass is 374 g/mol. The second-order valence-corrected chi connectivity index (χ2v) is 6.44. The molecule has 2 rings (SSSR count). The van der Waals surface area contributed by atoms with Crippen molar-refractivity contribution in [3.05, 3.63) is 68.9 Å². The molecule has 4 heteroatoms. The fraction of sp³-hybridized carbons (Fsp3) is 0.250. The zero-order valence-electron chi connectivity index (χ0n) is 10.8. The van der Waals surface area contributed by atoms with Gasteiger partial charge in [-0.25, -0.2) is 4.39 Å². The highest BCUT2D eigenvalue weighted by molar-refractivity contribution is 9.10. The minimum absolute atomic E-state index is 0.156. The maximum Gasteiger partial charge on any atom is 0.142 e. The fourth-order valence-corrected chi connectivity index (χ4v) is 2.96. The molecule has 106 valence electrons. The van der Waals surface area contributed by atoms with Gasteiger partial charge in [-0.1, -0.05) is 45.7 Å². The first-order valence-corrected chi connectivity index (χ1v) is 8.03. The number of hydrogen-bond acceptors (Lipinski definition) is 0. The van der Waals surface area contributed by atoms with Gasteiger partial charge in [0.2, 0.25) is 0 Å². The van der Waals surface area contributed by atoms with Crippen molar-refractivity contribution in [2.75, 3.05) is 5.88 Å². The molecule has 0 aliphatic rings. The Bertz CT molecular complexity index is 586. The first kappa shape index (κ1) is 15.8. The summed E-state index contributed by atoms with van der Waals surface area (Å²) in [6, 6.07) is 13.1. The Balaban J connectivity index is 2.07. The number of hydrogen-bond donors (Lipinski definition) is 0. The summed E-state index contributed by atoms with van der Waals surface area (Å²) in [7, 11) is 0. The second kappa shape index (κ2) is 7.44. The topological polar surface area (TPSA) is 0 Å². The smallest absolute Gasteiger partial charge is 0.142 e. The van der Waals surface area contributed by atoms with E-state index in [-0.39, 0.29) is 16.8 Å². The molecule has 0 saturated heterocycles. The lowest BCUT2D eigenvalue weighted by atomic mass is 9.94. The van der Waals surface area contributed by atoms with E-state index in [1.54, 1.807) is 6.07 Å². The van der Waals surface area contributed by atoms with E-state index in [2.05, 4.69) is 28.1 Å². The quantitative estimate of drug-likeness (QED) is 0.572. The Kier molecular flexibility index (Phi) is 5.88. The van der Waals surface area contributed by atoms with Crippen molar-refractivity contribution in [1.29, 1.82) is 0 Å². The largest absolute Gasteiger partial charge is 0.205 e. The molecule has 0 nitrogen and oxygen atoms in total. The van der Waals surface area contributed by atoms with Crippen molar-refractivity contribution in [1.82, 2.24) is 0 Å². The van der Waals surface area contributed by atoms with Gasteiger partial charge in [0.1, 0.15) is 5.82 Å². The average molecular weight is 376 g/mol. The molecule has 2 aromatic carbocycles. The first-order valence-electron chi connectivity index (χ1n) is 6.33. The van der Waals surface area contributed by atoms with E-state index in [1.807, 2.05) is 18.2 Å². The summed E-state index contributed by atoms with van der Waals surface area (Å²) in [5, 5.41) is 0.156. The summed E-state index contributed by atoms with van der Waals surface area (Å²) in [5.41, 5.74) is 2.15. The Morgan fingerprint density at radius 3 is 2.35 bits per heavy atom. The predicted molar refractivity (Wildman–Crippen MR) is 87.2 cm³/mol. The summed E-state index contributed by atoms with van der Waals surface area (Å²) in [6.07, 6.45) is 1.61. The normalized spacial score (nSPS) is 12.4. The van der Waals surface area contributed by atoms with Gasteiger partial charge >= 0.3 is 0 Å². The molecule has 20 heavy (non-hydrogen) atoms. The summed E-state index contributed by atoms with van der Waals surface area (Å²) in [6.45, 7) is 0. The standard InChI is InChI=1S/C16H14BrCl2F/c17-14-3-1-2-11(8-14)6-13(10-18)7-12-4-5-15(19)16(20)9-12/h1-5,8-9,13H,6-7,10H2. The zero-order valence-corrected chi connectivity index (χ0v) is 13.8. The van der Waals surface area contributed by atoms with E-state index in [4.69, 9.17) is 23.2 Å². The highest BCUT2D eigenvalue weighted by atomic mass is 79.9. The molecule has 0 spiro atoms. The highest BCUT2D eigenvalue weighted by Crippen LogP contribution is 2.21. The van der Waals surface area contributed by atoms with Crippen molar-refractivity contribution in [2.24, 2.45) is 5.92 Å². The summed E-state index contributed by atoms with van der Waals surface area (Å²) >= 11 is 15.2. The molecule has 1 atom stereocenters. The lowest BCUT2D eigenvalue weighted by molar-refractivity contribution is 0.576. The molecular formula is C16H14BrCl2F. The molecule has 0 aliphatic heterocycles. The van der Waals surface area contributed by atoms with E-state index in [1.165, 1.54) is 11.6 Å². The van der Waals surface area contributed by atoms with Crippen molar-refractivity contribution in [3.8, 4) is 0 Å². The SMILES string of the molecule is Fc1cc(CC(CCl)Cc2cccc(Br)c2)ccc1Cl. The van der Waals surface area contributed by atoms with Crippen molar-refractivity contribution >= 4 is 39.1 Å². The zero-order chi connectivity index (χ0) is 14.5. The van der Waals surface area contributed by atoms with Crippen LogP contribution in [0.3, 0.4) is 0 Å². The molecule has 0 amide bonds. The highest BCUT2D eigenvalue weighted by Gasteiger charge is 2.11. The molecule has 0 fully saturated rings. The van der Waals surface area contributed by atoms with Gasteiger partial charge in [-0.3, -0.25) is 0 Å². The van der Waals surface area contributed by atoms with E-state index in [0.29, 0.717) is 5.88 Å². The lowest BCUT2D eigenvalue weighted by Crippen LogP contribution is -2.10. The average Bonchev–Trinajstić information content (AvgIpc) is 2.42. The Morgan fingerprint density at radius 2 is 1.75 bits per heavy atom. The van der Waals surface area contributed by atoms with Crippen LogP contribution in [0.4, 0.5) is 4.39 Å². The lowest BCUT2D eigenvalue weighted by Gasteiger charge is -2.14. The molecule has 0 saturated carbocycles. The Labute approximate surface area is 137 Å². The number of alkyl halides is 1. The molecule has 1 unspecified atom stereocenters. The Morgan fingerprint density at radius 1 is 1.05 bits per heavy atom. The van der Waals surface area contributed by atoms with Crippen LogP contribution in [0.15, 0.2) is 46.9 Å². The third kappa shape index (κ3) is 4.47. The molecule has 0 radical (unpaired) electrons.